The molecule has 6 nitrogen and oxygen atoms in total. The molecule has 148 valence electrons. The molecule has 1 atom stereocenters. The molecule has 1 aliphatic carbocycles. The molecule has 0 unspecified atom stereocenters. The summed E-state index contributed by atoms with van der Waals surface area (Å²) in [5.74, 6) is -0.118. The van der Waals surface area contributed by atoms with Crippen LogP contribution in [0.3, 0.4) is 0 Å². The molecular formula is C20H25N5OS2. The summed E-state index contributed by atoms with van der Waals surface area (Å²) >= 11 is 2.79. The molecule has 28 heavy (non-hydrogen) atoms. The molecule has 1 fully saturated rings. The van der Waals surface area contributed by atoms with Crippen LogP contribution in [0.4, 0.5) is 10.8 Å². The number of anilines is 2. The van der Waals surface area contributed by atoms with E-state index in [1.165, 1.54) is 34.2 Å². The van der Waals surface area contributed by atoms with Crippen molar-refractivity contribution >= 4 is 39.8 Å². The maximum absolute atomic E-state index is 12.6. The molecule has 2 aromatic rings. The highest BCUT2D eigenvalue weighted by atomic mass is 32.2. The van der Waals surface area contributed by atoms with Gasteiger partial charge in [-0.1, -0.05) is 48.4 Å². The van der Waals surface area contributed by atoms with E-state index in [1.54, 1.807) is 0 Å². The minimum Gasteiger partial charge on any atom is -0.337 e. The predicted molar refractivity (Wildman–Crippen MR) is 114 cm³/mol. The van der Waals surface area contributed by atoms with E-state index in [2.05, 4.69) is 52.9 Å². The number of aromatic nitrogens is 2. The van der Waals surface area contributed by atoms with E-state index < -0.39 is 5.54 Å². The Labute approximate surface area is 174 Å². The first-order valence-corrected chi connectivity index (χ1v) is 11.2. The summed E-state index contributed by atoms with van der Waals surface area (Å²) in [5, 5.41) is 24.5. The first kappa shape index (κ1) is 20.6. The van der Waals surface area contributed by atoms with Crippen molar-refractivity contribution in [1.82, 2.24) is 15.5 Å². The van der Waals surface area contributed by atoms with Crippen LogP contribution < -0.4 is 10.6 Å². The molecule has 8 heteroatoms. The Morgan fingerprint density at radius 3 is 2.68 bits per heavy atom. The summed E-state index contributed by atoms with van der Waals surface area (Å²) in [6.45, 7) is 5.99. The standard InChI is InChI=1S/C20H25N5OS2/c1-13-7-8-16(11-14(13)2)22-18-24-25-19(28-18)27-15(3)17(26)23-20(12-21)9-5-4-6-10-20/h7-8,11,15H,4-6,9-10H2,1-3H3,(H,22,24)(H,23,26)/t15-/m0/s1. The van der Waals surface area contributed by atoms with Crippen molar-refractivity contribution in [3.8, 4) is 6.07 Å². The normalized spacial score (nSPS) is 16.8. The first-order valence-electron chi connectivity index (χ1n) is 9.48. The van der Waals surface area contributed by atoms with Gasteiger partial charge < -0.3 is 10.6 Å². The fourth-order valence-electron chi connectivity index (χ4n) is 3.21. The Bertz CT molecular complexity index is 883. The van der Waals surface area contributed by atoms with Gasteiger partial charge in [0.2, 0.25) is 11.0 Å². The van der Waals surface area contributed by atoms with Gasteiger partial charge in [0.15, 0.2) is 4.34 Å². The number of nitrogens with zero attached hydrogens (tertiary/aromatic N) is 3. The first-order chi connectivity index (χ1) is 13.4. The molecule has 2 N–H and O–H groups in total. The van der Waals surface area contributed by atoms with Crippen LogP contribution in [0.1, 0.15) is 50.2 Å². The lowest BCUT2D eigenvalue weighted by Crippen LogP contribution is -2.50. The van der Waals surface area contributed by atoms with Gasteiger partial charge in [0.1, 0.15) is 5.54 Å². The number of carbonyl (C=O) groups excluding carboxylic acids is 1. The second kappa shape index (κ2) is 8.93. The van der Waals surface area contributed by atoms with Crippen LogP contribution in [0, 0.1) is 25.2 Å². The maximum Gasteiger partial charge on any atom is 0.234 e. The number of aryl methyl sites for hydroxylation is 2. The molecule has 0 aliphatic heterocycles. The van der Waals surface area contributed by atoms with E-state index in [0.717, 1.165) is 42.1 Å². The van der Waals surface area contributed by atoms with E-state index >= 15 is 0 Å². The molecule has 1 aliphatic rings. The van der Waals surface area contributed by atoms with Gasteiger partial charge >= 0.3 is 0 Å². The van der Waals surface area contributed by atoms with Crippen LogP contribution in [0.15, 0.2) is 22.5 Å². The molecular weight excluding hydrogens is 390 g/mol. The van der Waals surface area contributed by atoms with Crippen LogP contribution >= 0.6 is 23.1 Å². The maximum atomic E-state index is 12.6. The zero-order chi connectivity index (χ0) is 20.1. The number of nitriles is 1. The van der Waals surface area contributed by atoms with E-state index in [4.69, 9.17) is 0 Å². The fraction of sp³-hybridized carbons (Fsp3) is 0.500. The van der Waals surface area contributed by atoms with Crippen LogP contribution in [0.5, 0.6) is 0 Å². The highest BCUT2D eigenvalue weighted by molar-refractivity contribution is 8.02. The number of thioether (sulfide) groups is 1. The molecule has 1 amide bonds. The van der Waals surface area contributed by atoms with Crippen molar-refractivity contribution < 1.29 is 4.79 Å². The molecule has 1 aromatic carbocycles. The third kappa shape index (κ3) is 5.03. The van der Waals surface area contributed by atoms with E-state index in [-0.39, 0.29) is 11.2 Å². The minimum atomic E-state index is -0.707. The Morgan fingerprint density at radius 2 is 2.00 bits per heavy atom. The van der Waals surface area contributed by atoms with Crippen LogP contribution in [0.2, 0.25) is 0 Å². The Hall–Kier alpha value is -2.11. The summed E-state index contributed by atoms with van der Waals surface area (Å²) in [4.78, 5) is 12.6. The number of hydrogen-bond acceptors (Lipinski definition) is 7. The highest BCUT2D eigenvalue weighted by Crippen LogP contribution is 2.32. The average molecular weight is 416 g/mol. The third-order valence-electron chi connectivity index (χ3n) is 5.10. The molecule has 1 heterocycles. The summed E-state index contributed by atoms with van der Waals surface area (Å²) in [7, 11) is 0. The van der Waals surface area contributed by atoms with Crippen molar-refractivity contribution in [3.63, 3.8) is 0 Å². The predicted octanol–water partition coefficient (Wildman–Crippen LogP) is 4.72. The average Bonchev–Trinajstić information content (AvgIpc) is 3.12. The lowest BCUT2D eigenvalue weighted by molar-refractivity contribution is -0.121. The highest BCUT2D eigenvalue weighted by Gasteiger charge is 2.35. The molecule has 1 saturated carbocycles. The third-order valence-corrected chi connectivity index (χ3v) is 7.12. The van der Waals surface area contributed by atoms with Crippen molar-refractivity contribution in [2.45, 2.75) is 68.0 Å². The van der Waals surface area contributed by atoms with Gasteiger partial charge in [-0.05, 0) is 56.9 Å². The largest absolute Gasteiger partial charge is 0.337 e. The monoisotopic (exact) mass is 415 g/mol. The van der Waals surface area contributed by atoms with Crippen LogP contribution in [-0.2, 0) is 4.79 Å². The van der Waals surface area contributed by atoms with Crippen molar-refractivity contribution in [2.75, 3.05) is 5.32 Å². The van der Waals surface area contributed by atoms with Crippen molar-refractivity contribution in [3.05, 3.63) is 29.3 Å². The smallest absolute Gasteiger partial charge is 0.234 e. The summed E-state index contributed by atoms with van der Waals surface area (Å²) in [5.41, 5.74) is 2.71. The zero-order valence-corrected chi connectivity index (χ0v) is 18.0. The van der Waals surface area contributed by atoms with E-state index in [0.29, 0.717) is 5.13 Å². The zero-order valence-electron chi connectivity index (χ0n) is 16.4. The Morgan fingerprint density at radius 1 is 1.25 bits per heavy atom. The number of rotatable bonds is 6. The van der Waals surface area contributed by atoms with Gasteiger partial charge in [-0.3, -0.25) is 4.79 Å². The summed E-state index contributed by atoms with van der Waals surface area (Å²) in [6.07, 6.45) is 4.56. The number of amides is 1. The molecule has 0 saturated heterocycles. The molecule has 0 bridgehead atoms. The minimum absolute atomic E-state index is 0.118. The molecule has 3 rings (SSSR count). The summed E-state index contributed by atoms with van der Waals surface area (Å²) < 4.78 is 0.726. The lowest BCUT2D eigenvalue weighted by atomic mass is 9.83. The lowest BCUT2D eigenvalue weighted by Gasteiger charge is -2.32. The van der Waals surface area contributed by atoms with Gasteiger partial charge in [0.05, 0.1) is 11.3 Å². The molecule has 0 spiro atoms. The Balaban J connectivity index is 1.58. The van der Waals surface area contributed by atoms with Gasteiger partial charge in [-0.2, -0.15) is 5.26 Å². The van der Waals surface area contributed by atoms with Crippen LogP contribution in [-0.4, -0.2) is 26.9 Å². The summed E-state index contributed by atoms with van der Waals surface area (Å²) in [6, 6.07) is 8.48. The SMILES string of the molecule is Cc1ccc(Nc2nnc(S[C@@H](C)C(=O)NC3(C#N)CCCCC3)s2)cc1C. The number of hydrogen-bond donors (Lipinski definition) is 2. The Kier molecular flexibility index (Phi) is 6.57. The number of benzene rings is 1. The van der Waals surface area contributed by atoms with Crippen LogP contribution in [0.25, 0.3) is 0 Å². The topological polar surface area (TPSA) is 90.7 Å². The fourth-order valence-corrected chi connectivity index (χ4v) is 5.13. The number of nitrogens with one attached hydrogen (secondary N) is 2. The molecule has 1 aromatic heterocycles. The quantitative estimate of drug-likeness (QED) is 0.663. The van der Waals surface area contributed by atoms with E-state index in [9.17, 15) is 10.1 Å². The van der Waals surface area contributed by atoms with Crippen molar-refractivity contribution in [2.24, 2.45) is 0 Å². The second-order valence-electron chi connectivity index (χ2n) is 7.30. The second-order valence-corrected chi connectivity index (χ2v) is 9.87. The van der Waals surface area contributed by atoms with Gasteiger partial charge in [-0.25, -0.2) is 0 Å². The van der Waals surface area contributed by atoms with Gasteiger partial charge in [0.25, 0.3) is 0 Å². The molecule has 0 radical (unpaired) electrons. The van der Waals surface area contributed by atoms with Gasteiger partial charge in [0, 0.05) is 5.69 Å². The van der Waals surface area contributed by atoms with Crippen molar-refractivity contribution in [1.29, 1.82) is 5.26 Å². The van der Waals surface area contributed by atoms with Gasteiger partial charge in [-0.15, -0.1) is 10.2 Å². The van der Waals surface area contributed by atoms with E-state index in [1.807, 2.05) is 13.0 Å². The number of carbonyl (C=O) groups is 1.